The molecule has 1 aliphatic carbocycles. The number of halogens is 3. The monoisotopic (exact) mass is 679 g/mol. The quantitative estimate of drug-likeness (QED) is 0.161. The zero-order chi connectivity index (χ0) is 32.2. The van der Waals surface area contributed by atoms with Crippen LogP contribution in [0.25, 0.3) is 10.8 Å². The molecule has 1 aliphatic heterocycles. The van der Waals surface area contributed by atoms with E-state index >= 15 is 0 Å². The third-order valence-corrected chi connectivity index (χ3v) is 9.35. The number of rotatable bonds is 11. The van der Waals surface area contributed by atoms with Crippen LogP contribution in [0.5, 0.6) is 11.5 Å². The first-order chi connectivity index (χ1) is 22.3. The van der Waals surface area contributed by atoms with Gasteiger partial charge >= 0.3 is 0 Å². The highest BCUT2D eigenvalue weighted by molar-refractivity contribution is 6.37. The van der Waals surface area contributed by atoms with Crippen molar-refractivity contribution in [1.82, 2.24) is 15.5 Å². The number of hydrogen-bond donors (Lipinski definition) is 2. The molecule has 4 aromatic carbocycles. The number of benzene rings is 4. The number of nitrogens with one attached hydrogen (secondary N) is 2. The van der Waals surface area contributed by atoms with E-state index in [0.717, 1.165) is 29.4 Å². The van der Waals surface area contributed by atoms with Crippen molar-refractivity contribution < 1.29 is 19.1 Å². The third kappa shape index (κ3) is 7.72. The Morgan fingerprint density at radius 2 is 1.61 bits per heavy atom. The standard InChI is InChI=1S/C36H36Cl3N3O4/c1-22-16-31(38)34(32(39)17-22)46-15-14-45-27-10-11-28(30(37)19-27)35(43)41-33-12-13-40-20-29(33)36(44)42(26-8-9-26)21-23-6-7-24-4-2-3-5-25(24)18-23/h2-7,10-11,16-19,26,29,33,40H,8-9,12-15,20-21H2,1H3,(H,41,43). The first-order valence-electron chi connectivity index (χ1n) is 15.6. The van der Waals surface area contributed by atoms with Crippen LogP contribution < -0.4 is 20.1 Å². The van der Waals surface area contributed by atoms with E-state index in [9.17, 15) is 9.59 Å². The van der Waals surface area contributed by atoms with Crippen molar-refractivity contribution in [3.05, 3.63) is 105 Å². The van der Waals surface area contributed by atoms with Gasteiger partial charge in [0.05, 0.1) is 26.5 Å². The molecule has 2 atom stereocenters. The van der Waals surface area contributed by atoms with E-state index in [2.05, 4.69) is 41.0 Å². The first kappa shape index (κ1) is 32.5. The maximum atomic E-state index is 14.0. The molecular weight excluding hydrogens is 645 g/mol. The summed E-state index contributed by atoms with van der Waals surface area (Å²) in [4.78, 5) is 29.5. The largest absolute Gasteiger partial charge is 0.490 e. The maximum Gasteiger partial charge on any atom is 0.253 e. The van der Waals surface area contributed by atoms with Crippen LogP contribution in [0.4, 0.5) is 0 Å². The molecule has 0 radical (unpaired) electrons. The lowest BCUT2D eigenvalue weighted by Gasteiger charge is -2.36. The number of carbonyl (C=O) groups is 2. The molecule has 1 heterocycles. The van der Waals surface area contributed by atoms with Gasteiger partial charge in [-0.25, -0.2) is 0 Å². The van der Waals surface area contributed by atoms with Crippen LogP contribution in [0.15, 0.2) is 72.8 Å². The summed E-state index contributed by atoms with van der Waals surface area (Å²) in [5, 5.41) is 9.94. The lowest BCUT2D eigenvalue weighted by molar-refractivity contribution is -0.138. The fourth-order valence-electron chi connectivity index (χ4n) is 5.95. The summed E-state index contributed by atoms with van der Waals surface area (Å²) < 4.78 is 11.5. The highest BCUT2D eigenvalue weighted by Crippen LogP contribution is 2.34. The van der Waals surface area contributed by atoms with Crippen LogP contribution in [0.3, 0.4) is 0 Å². The van der Waals surface area contributed by atoms with Crippen LogP contribution in [0.1, 0.15) is 40.7 Å². The number of aryl methyl sites for hydroxylation is 1. The number of piperidine rings is 1. The SMILES string of the molecule is Cc1cc(Cl)c(OCCOc2ccc(C(=O)NC3CCNCC3C(=O)N(Cc3ccc4ccccc4c3)C3CC3)c(Cl)c2)c(Cl)c1. The van der Waals surface area contributed by atoms with E-state index < -0.39 is 0 Å². The summed E-state index contributed by atoms with van der Waals surface area (Å²) >= 11 is 19.0. The molecule has 1 saturated heterocycles. The number of hydrogen-bond acceptors (Lipinski definition) is 5. The zero-order valence-corrected chi connectivity index (χ0v) is 27.8. The molecule has 2 aliphatic rings. The van der Waals surface area contributed by atoms with Crippen molar-refractivity contribution in [1.29, 1.82) is 0 Å². The summed E-state index contributed by atoms with van der Waals surface area (Å²) in [5.41, 5.74) is 2.37. The van der Waals surface area contributed by atoms with Crippen LogP contribution >= 0.6 is 34.8 Å². The van der Waals surface area contributed by atoms with Gasteiger partial charge in [0.15, 0.2) is 5.75 Å². The van der Waals surface area contributed by atoms with Crippen LogP contribution in [0, 0.1) is 12.8 Å². The van der Waals surface area contributed by atoms with E-state index in [1.165, 1.54) is 5.39 Å². The minimum absolute atomic E-state index is 0.0680. The van der Waals surface area contributed by atoms with E-state index in [1.54, 1.807) is 30.3 Å². The lowest BCUT2D eigenvalue weighted by atomic mass is 9.91. The van der Waals surface area contributed by atoms with Crippen molar-refractivity contribution in [3.8, 4) is 11.5 Å². The summed E-state index contributed by atoms with van der Waals surface area (Å²) in [5.74, 6) is 0.274. The fraction of sp³-hybridized carbons (Fsp3) is 0.333. The second-order valence-corrected chi connectivity index (χ2v) is 13.2. The number of fused-ring (bicyclic) bond motifs is 1. The van der Waals surface area contributed by atoms with Gasteiger partial charge in [0.1, 0.15) is 19.0 Å². The Morgan fingerprint density at radius 1 is 0.870 bits per heavy atom. The molecule has 4 aromatic rings. The average molecular weight is 681 g/mol. The van der Waals surface area contributed by atoms with E-state index in [0.29, 0.717) is 53.2 Å². The van der Waals surface area contributed by atoms with Gasteiger partial charge in [-0.1, -0.05) is 71.2 Å². The normalized spacial score (nSPS) is 17.8. The Labute approximate surface area is 284 Å². The highest BCUT2D eigenvalue weighted by Gasteiger charge is 2.40. The number of ether oxygens (including phenoxy) is 2. The topological polar surface area (TPSA) is 79.9 Å². The molecule has 2 fully saturated rings. The fourth-order valence-corrected chi connectivity index (χ4v) is 6.92. The van der Waals surface area contributed by atoms with Crippen LogP contribution in [-0.2, 0) is 11.3 Å². The molecule has 1 saturated carbocycles. The molecule has 10 heteroatoms. The molecule has 2 unspecified atom stereocenters. The smallest absolute Gasteiger partial charge is 0.253 e. The Kier molecular flexibility index (Phi) is 10.2. The summed E-state index contributed by atoms with van der Waals surface area (Å²) in [6, 6.07) is 23.0. The molecule has 0 bridgehead atoms. The van der Waals surface area contributed by atoms with Gasteiger partial charge in [0.25, 0.3) is 5.91 Å². The summed E-state index contributed by atoms with van der Waals surface area (Å²) in [6.07, 6.45) is 2.64. The molecular formula is C36H36Cl3N3O4. The van der Waals surface area contributed by atoms with Gasteiger partial charge in [-0.3, -0.25) is 9.59 Å². The minimum atomic E-state index is -0.379. The van der Waals surface area contributed by atoms with Gasteiger partial charge in [-0.15, -0.1) is 0 Å². The number of carbonyl (C=O) groups excluding carboxylic acids is 2. The van der Waals surface area contributed by atoms with Crippen molar-refractivity contribution in [2.24, 2.45) is 5.92 Å². The Hall–Kier alpha value is -3.49. The second kappa shape index (κ2) is 14.5. The molecule has 7 nitrogen and oxygen atoms in total. The Balaban J connectivity index is 1.07. The van der Waals surface area contributed by atoms with Gasteiger partial charge in [-0.2, -0.15) is 0 Å². The van der Waals surface area contributed by atoms with E-state index in [1.807, 2.05) is 24.0 Å². The minimum Gasteiger partial charge on any atom is -0.490 e. The van der Waals surface area contributed by atoms with Gasteiger partial charge < -0.3 is 25.0 Å². The predicted octanol–water partition coefficient (Wildman–Crippen LogP) is 7.47. The molecule has 240 valence electrons. The van der Waals surface area contributed by atoms with Gasteiger partial charge in [-0.05, 0) is 91.0 Å². The average Bonchev–Trinajstić information content (AvgIpc) is 3.88. The second-order valence-electron chi connectivity index (χ2n) is 12.0. The predicted molar refractivity (Wildman–Crippen MR) is 183 cm³/mol. The molecule has 2 N–H and O–H groups in total. The molecule has 2 amide bonds. The lowest BCUT2D eigenvalue weighted by Crippen LogP contribution is -2.55. The Morgan fingerprint density at radius 3 is 2.35 bits per heavy atom. The molecule has 6 rings (SSSR count). The third-order valence-electron chi connectivity index (χ3n) is 8.48. The Bertz CT molecular complexity index is 1720. The van der Waals surface area contributed by atoms with E-state index in [-0.39, 0.29) is 48.1 Å². The van der Waals surface area contributed by atoms with E-state index in [4.69, 9.17) is 44.3 Å². The molecule has 0 aromatic heterocycles. The zero-order valence-electron chi connectivity index (χ0n) is 25.5. The van der Waals surface area contributed by atoms with Crippen LogP contribution in [0.2, 0.25) is 15.1 Å². The maximum absolute atomic E-state index is 14.0. The van der Waals surface area contributed by atoms with Crippen molar-refractivity contribution in [2.75, 3.05) is 26.3 Å². The highest BCUT2D eigenvalue weighted by atomic mass is 35.5. The molecule has 0 spiro atoms. The van der Waals surface area contributed by atoms with Crippen LogP contribution in [-0.4, -0.2) is 55.1 Å². The number of amides is 2. The van der Waals surface area contributed by atoms with Gasteiger partial charge in [0, 0.05) is 25.2 Å². The summed E-state index contributed by atoms with van der Waals surface area (Å²) in [6.45, 7) is 4.11. The van der Waals surface area contributed by atoms with Crippen molar-refractivity contribution >= 4 is 57.4 Å². The van der Waals surface area contributed by atoms with Crippen molar-refractivity contribution in [2.45, 2.75) is 44.8 Å². The number of nitrogens with zero attached hydrogens (tertiary/aromatic N) is 1. The van der Waals surface area contributed by atoms with Crippen molar-refractivity contribution in [3.63, 3.8) is 0 Å². The summed E-state index contributed by atoms with van der Waals surface area (Å²) in [7, 11) is 0. The first-order valence-corrected chi connectivity index (χ1v) is 16.7. The molecule has 46 heavy (non-hydrogen) atoms. The van der Waals surface area contributed by atoms with Gasteiger partial charge in [0.2, 0.25) is 5.91 Å².